The summed E-state index contributed by atoms with van der Waals surface area (Å²) < 4.78 is 2.98. The molecular formula is C23H18ClIN6O3. The SMILES string of the molecule is Cc1cc(Cn2nnn(-c3ccccc3Cl)c2=O)ccc1NC(=O)c1c(I)cccc1C(N)=O. The van der Waals surface area contributed by atoms with Crippen molar-refractivity contribution in [3.05, 3.63) is 102 Å². The van der Waals surface area contributed by atoms with Crippen molar-refractivity contribution in [2.24, 2.45) is 5.73 Å². The van der Waals surface area contributed by atoms with Crippen LogP contribution in [0.3, 0.4) is 0 Å². The van der Waals surface area contributed by atoms with Crippen molar-refractivity contribution in [3.63, 3.8) is 0 Å². The Morgan fingerprint density at radius 1 is 1.09 bits per heavy atom. The van der Waals surface area contributed by atoms with E-state index in [0.717, 1.165) is 15.8 Å². The van der Waals surface area contributed by atoms with E-state index in [4.69, 9.17) is 17.3 Å². The molecule has 0 fully saturated rings. The predicted molar refractivity (Wildman–Crippen MR) is 137 cm³/mol. The van der Waals surface area contributed by atoms with Gasteiger partial charge >= 0.3 is 5.69 Å². The summed E-state index contributed by atoms with van der Waals surface area (Å²) in [4.78, 5) is 37.4. The zero-order chi connectivity index (χ0) is 24.4. The van der Waals surface area contributed by atoms with Crippen molar-refractivity contribution in [1.29, 1.82) is 0 Å². The molecule has 0 aliphatic rings. The molecule has 0 atom stereocenters. The van der Waals surface area contributed by atoms with Crippen LogP contribution in [-0.4, -0.2) is 31.6 Å². The molecule has 0 saturated heterocycles. The highest BCUT2D eigenvalue weighted by Crippen LogP contribution is 2.22. The number of amides is 2. The van der Waals surface area contributed by atoms with E-state index < -0.39 is 17.5 Å². The summed E-state index contributed by atoms with van der Waals surface area (Å²) in [6.45, 7) is 2.01. The van der Waals surface area contributed by atoms with E-state index in [9.17, 15) is 14.4 Å². The van der Waals surface area contributed by atoms with Crippen molar-refractivity contribution >= 4 is 51.7 Å². The Morgan fingerprint density at radius 2 is 1.85 bits per heavy atom. The topological polar surface area (TPSA) is 125 Å². The molecular weight excluding hydrogens is 571 g/mol. The van der Waals surface area contributed by atoms with E-state index in [0.29, 0.717) is 20.0 Å². The first kappa shape index (κ1) is 23.6. The Bertz CT molecular complexity index is 1480. The first-order chi connectivity index (χ1) is 16.3. The lowest BCUT2D eigenvalue weighted by Gasteiger charge is -2.13. The molecule has 0 bridgehead atoms. The molecule has 4 aromatic rings. The number of nitrogens with two attached hydrogens (primary N) is 1. The van der Waals surface area contributed by atoms with Gasteiger partial charge < -0.3 is 11.1 Å². The smallest absolute Gasteiger partial charge is 0.366 e. The van der Waals surface area contributed by atoms with E-state index in [1.165, 1.54) is 10.7 Å². The normalized spacial score (nSPS) is 10.8. The first-order valence-electron chi connectivity index (χ1n) is 10.0. The number of carbonyl (C=O) groups is 2. The minimum absolute atomic E-state index is 0.152. The van der Waals surface area contributed by atoms with Gasteiger partial charge in [0.25, 0.3) is 5.91 Å². The Hall–Kier alpha value is -3.51. The number of aryl methyl sites for hydroxylation is 1. The molecule has 172 valence electrons. The van der Waals surface area contributed by atoms with Crippen LogP contribution in [0.1, 0.15) is 31.8 Å². The number of rotatable bonds is 6. The van der Waals surface area contributed by atoms with Crippen LogP contribution in [0.4, 0.5) is 5.69 Å². The quantitative estimate of drug-likeness (QED) is 0.334. The van der Waals surface area contributed by atoms with Crippen molar-refractivity contribution in [1.82, 2.24) is 19.8 Å². The molecule has 3 N–H and O–H groups in total. The highest BCUT2D eigenvalue weighted by molar-refractivity contribution is 14.1. The van der Waals surface area contributed by atoms with Gasteiger partial charge in [0, 0.05) is 9.26 Å². The summed E-state index contributed by atoms with van der Waals surface area (Å²) in [6.07, 6.45) is 0. The fourth-order valence-corrected chi connectivity index (χ4v) is 4.39. The van der Waals surface area contributed by atoms with Gasteiger partial charge in [-0.15, -0.1) is 0 Å². The number of anilines is 1. The van der Waals surface area contributed by atoms with Crippen molar-refractivity contribution < 1.29 is 9.59 Å². The number of hydrogen-bond donors (Lipinski definition) is 2. The number of aromatic nitrogens is 4. The summed E-state index contributed by atoms with van der Waals surface area (Å²) in [5.41, 5.74) is 7.94. The number of carbonyl (C=O) groups excluding carboxylic acids is 2. The third-order valence-electron chi connectivity index (χ3n) is 5.10. The molecule has 2 amide bonds. The molecule has 34 heavy (non-hydrogen) atoms. The summed E-state index contributed by atoms with van der Waals surface area (Å²) in [5.74, 6) is -1.11. The van der Waals surface area contributed by atoms with Gasteiger partial charge in [0.2, 0.25) is 5.91 Å². The second-order valence-corrected chi connectivity index (χ2v) is 8.98. The maximum Gasteiger partial charge on any atom is 0.368 e. The summed E-state index contributed by atoms with van der Waals surface area (Å²) >= 11 is 8.15. The highest BCUT2D eigenvalue weighted by Gasteiger charge is 2.19. The molecule has 11 heteroatoms. The van der Waals surface area contributed by atoms with Crippen LogP contribution in [0, 0.1) is 10.5 Å². The van der Waals surface area contributed by atoms with E-state index in [1.54, 1.807) is 48.5 Å². The molecule has 0 aliphatic heterocycles. The minimum atomic E-state index is -0.675. The van der Waals surface area contributed by atoms with Crippen molar-refractivity contribution in [3.8, 4) is 5.69 Å². The van der Waals surface area contributed by atoms with Gasteiger partial charge in [0.05, 0.1) is 28.4 Å². The summed E-state index contributed by atoms with van der Waals surface area (Å²) in [5, 5.41) is 11.1. The van der Waals surface area contributed by atoms with Gasteiger partial charge in [-0.1, -0.05) is 41.9 Å². The maximum absolute atomic E-state index is 12.9. The number of nitrogens with zero attached hydrogens (tertiary/aromatic N) is 4. The second kappa shape index (κ2) is 9.77. The van der Waals surface area contributed by atoms with E-state index in [-0.39, 0.29) is 17.7 Å². The minimum Gasteiger partial charge on any atom is -0.366 e. The lowest BCUT2D eigenvalue weighted by Crippen LogP contribution is -2.25. The fourth-order valence-electron chi connectivity index (χ4n) is 3.43. The lowest BCUT2D eigenvalue weighted by atomic mass is 10.1. The van der Waals surface area contributed by atoms with Crippen LogP contribution in [0.2, 0.25) is 5.02 Å². The average molecular weight is 589 g/mol. The fraction of sp³-hybridized carbons (Fsp3) is 0.0870. The standard InChI is InChI=1S/C23H18ClIN6O3/c1-13-11-14(12-30-23(34)31(29-28-30)19-8-3-2-6-16(19)24)9-10-18(13)27-22(33)20-15(21(26)32)5-4-7-17(20)25/h2-11H,12H2,1H3,(H2,26,32)(H,27,33). The van der Waals surface area contributed by atoms with Crippen molar-refractivity contribution in [2.75, 3.05) is 5.32 Å². The van der Waals surface area contributed by atoms with Crippen LogP contribution in [0.25, 0.3) is 5.69 Å². The largest absolute Gasteiger partial charge is 0.368 e. The molecule has 3 aromatic carbocycles. The number of halogens is 2. The highest BCUT2D eigenvalue weighted by atomic mass is 127. The Balaban J connectivity index is 1.55. The molecule has 0 saturated carbocycles. The van der Waals surface area contributed by atoms with Gasteiger partial charge in [0.15, 0.2) is 0 Å². The summed E-state index contributed by atoms with van der Waals surface area (Å²) in [7, 11) is 0. The van der Waals surface area contributed by atoms with Crippen LogP contribution in [-0.2, 0) is 6.54 Å². The van der Waals surface area contributed by atoms with Crippen LogP contribution in [0.15, 0.2) is 65.5 Å². The number of hydrogen-bond acceptors (Lipinski definition) is 5. The maximum atomic E-state index is 12.9. The molecule has 0 radical (unpaired) electrons. The van der Waals surface area contributed by atoms with E-state index in [1.807, 2.05) is 35.6 Å². The Kier molecular flexibility index (Phi) is 6.80. The molecule has 0 spiro atoms. The molecule has 4 rings (SSSR count). The van der Waals surface area contributed by atoms with Crippen LogP contribution < -0.4 is 16.7 Å². The summed E-state index contributed by atoms with van der Waals surface area (Å²) in [6, 6.07) is 17.1. The van der Waals surface area contributed by atoms with Gasteiger partial charge in [-0.2, -0.15) is 9.36 Å². The zero-order valence-electron chi connectivity index (χ0n) is 17.8. The van der Waals surface area contributed by atoms with Gasteiger partial charge in [-0.25, -0.2) is 4.79 Å². The molecule has 0 unspecified atom stereocenters. The third-order valence-corrected chi connectivity index (χ3v) is 6.32. The van der Waals surface area contributed by atoms with Crippen molar-refractivity contribution in [2.45, 2.75) is 13.5 Å². The molecule has 1 heterocycles. The number of nitrogens with one attached hydrogen (secondary N) is 1. The van der Waals surface area contributed by atoms with Gasteiger partial charge in [-0.3, -0.25) is 9.59 Å². The average Bonchev–Trinajstić information content (AvgIpc) is 3.15. The van der Waals surface area contributed by atoms with Crippen LogP contribution in [0.5, 0.6) is 0 Å². The van der Waals surface area contributed by atoms with Gasteiger partial charge in [0.1, 0.15) is 0 Å². The van der Waals surface area contributed by atoms with Gasteiger partial charge in [-0.05, 0) is 81.4 Å². The number of benzene rings is 3. The second-order valence-electron chi connectivity index (χ2n) is 7.41. The van der Waals surface area contributed by atoms with Crippen LogP contribution >= 0.6 is 34.2 Å². The molecule has 0 aliphatic carbocycles. The zero-order valence-corrected chi connectivity index (χ0v) is 20.7. The Morgan fingerprint density at radius 3 is 2.56 bits per heavy atom. The number of para-hydroxylation sites is 1. The monoisotopic (exact) mass is 588 g/mol. The third kappa shape index (κ3) is 4.73. The Labute approximate surface area is 212 Å². The van der Waals surface area contributed by atoms with E-state index in [2.05, 4.69) is 15.7 Å². The number of tetrazole rings is 1. The molecule has 1 aromatic heterocycles. The van der Waals surface area contributed by atoms with E-state index >= 15 is 0 Å². The predicted octanol–water partition coefficient (Wildman–Crippen LogP) is 3.39. The molecule has 9 nitrogen and oxygen atoms in total. The lowest BCUT2D eigenvalue weighted by molar-refractivity contribution is 0.0976. The first-order valence-corrected chi connectivity index (χ1v) is 11.5. The number of primary amides is 1.